The van der Waals surface area contributed by atoms with Crippen molar-refractivity contribution in [1.29, 1.82) is 0 Å². The Hall–Kier alpha value is -2.24. The number of hydrogen-bond donors (Lipinski definition) is 0. The molecular weight excluding hydrogens is 360 g/mol. The molecule has 0 aromatic heterocycles. The average molecular weight is 378 g/mol. The van der Waals surface area contributed by atoms with Gasteiger partial charge in [0.2, 0.25) is 5.91 Å². The summed E-state index contributed by atoms with van der Waals surface area (Å²) in [5.74, 6) is -0.551. The molecule has 0 unspecified atom stereocenters. The molecule has 0 saturated carbocycles. The summed E-state index contributed by atoms with van der Waals surface area (Å²) in [6.07, 6.45) is -1.66. The molecule has 2 aromatic carbocycles. The van der Waals surface area contributed by atoms with Crippen molar-refractivity contribution in [1.82, 2.24) is 4.90 Å². The average Bonchev–Trinajstić information content (AvgIpc) is 2.67. The molecule has 0 spiro atoms. The van der Waals surface area contributed by atoms with Crippen LogP contribution in [0.2, 0.25) is 5.02 Å². The molecule has 0 aliphatic carbocycles. The highest BCUT2D eigenvalue weighted by Crippen LogP contribution is 2.34. The lowest BCUT2D eigenvalue weighted by molar-refractivity contribution is -0.151. The number of ether oxygens (including phenoxy) is 1. The minimum Gasteiger partial charge on any atom is -0.377 e. The molecule has 1 heterocycles. The van der Waals surface area contributed by atoms with Gasteiger partial charge in [0, 0.05) is 5.02 Å². The Bertz CT molecular complexity index is 798. The summed E-state index contributed by atoms with van der Waals surface area (Å²) in [4.78, 5) is 13.4. The maximum Gasteiger partial charge on any atom is 0.260 e. The van der Waals surface area contributed by atoms with Crippen molar-refractivity contribution in [2.24, 2.45) is 0 Å². The number of rotatable bonds is 4. The quantitative estimate of drug-likeness (QED) is 0.721. The number of carbonyl (C=O) groups excluding carboxylic acids is 1. The maximum atomic E-state index is 13.4. The lowest BCUT2D eigenvalue weighted by atomic mass is 9.97. The highest BCUT2D eigenvalue weighted by molar-refractivity contribution is 6.31. The van der Waals surface area contributed by atoms with Crippen molar-refractivity contribution in [2.75, 3.05) is 13.2 Å². The first-order chi connectivity index (χ1) is 12.5. The van der Waals surface area contributed by atoms with Crippen LogP contribution in [0.1, 0.15) is 11.6 Å². The van der Waals surface area contributed by atoms with E-state index >= 15 is 0 Å². The number of halogens is 3. The van der Waals surface area contributed by atoms with E-state index in [9.17, 15) is 13.6 Å². The molecule has 2 aromatic rings. The zero-order valence-electron chi connectivity index (χ0n) is 13.9. The lowest BCUT2D eigenvalue weighted by Crippen LogP contribution is -2.53. The lowest BCUT2D eigenvalue weighted by Gasteiger charge is -2.41. The van der Waals surface area contributed by atoms with Crippen LogP contribution in [0.3, 0.4) is 0 Å². The molecule has 136 valence electrons. The number of hydrogen-bond acceptors (Lipinski definition) is 2. The molecule has 6 heteroatoms. The van der Waals surface area contributed by atoms with E-state index < -0.39 is 24.4 Å². The van der Waals surface area contributed by atoms with Gasteiger partial charge >= 0.3 is 0 Å². The van der Waals surface area contributed by atoms with E-state index in [0.717, 1.165) is 22.1 Å². The van der Waals surface area contributed by atoms with Crippen LogP contribution < -0.4 is 0 Å². The van der Waals surface area contributed by atoms with Crippen molar-refractivity contribution < 1.29 is 18.3 Å². The van der Waals surface area contributed by atoms with Crippen molar-refractivity contribution in [3.8, 4) is 11.1 Å². The molecule has 1 aliphatic heterocycles. The predicted octanol–water partition coefficient (Wildman–Crippen LogP) is 4.73. The van der Waals surface area contributed by atoms with Gasteiger partial charge in [0.15, 0.2) is 0 Å². The predicted molar refractivity (Wildman–Crippen MR) is 97.3 cm³/mol. The largest absolute Gasteiger partial charge is 0.377 e. The van der Waals surface area contributed by atoms with Crippen molar-refractivity contribution >= 4 is 17.5 Å². The third-order valence-corrected chi connectivity index (χ3v) is 4.61. The molecule has 3 rings (SSSR count). The second kappa shape index (κ2) is 7.98. The van der Waals surface area contributed by atoms with Crippen molar-refractivity contribution in [3.63, 3.8) is 0 Å². The minimum absolute atomic E-state index is 0.122. The van der Waals surface area contributed by atoms with Crippen LogP contribution >= 0.6 is 11.6 Å². The maximum absolute atomic E-state index is 13.4. The van der Waals surface area contributed by atoms with Crippen LogP contribution in [0.5, 0.6) is 0 Å². The Morgan fingerprint density at radius 1 is 1.19 bits per heavy atom. The Kier molecular flexibility index (Phi) is 5.69. The Balaban J connectivity index is 2.04. The Labute approximate surface area is 155 Å². The fraction of sp³-hybridized carbons (Fsp3) is 0.250. The molecule has 0 N–H and O–H groups in total. The Morgan fingerprint density at radius 2 is 1.92 bits per heavy atom. The molecule has 3 nitrogen and oxygen atoms in total. The number of morpholine rings is 1. The monoisotopic (exact) mass is 377 g/mol. The SMILES string of the molecule is C=CC(=O)N1[C@H](c2cc(Cl)cc(-c3ccccc3)c2)COC[C@H]1C(F)F. The molecule has 1 aliphatic rings. The molecule has 2 atom stereocenters. The summed E-state index contributed by atoms with van der Waals surface area (Å²) in [5, 5.41) is 0.464. The van der Waals surface area contributed by atoms with E-state index in [1.54, 1.807) is 12.1 Å². The number of amides is 1. The summed E-state index contributed by atoms with van der Waals surface area (Å²) in [7, 11) is 0. The normalized spacial score (nSPS) is 20.2. The number of alkyl halides is 2. The molecule has 1 saturated heterocycles. The standard InChI is InChI=1S/C20H18ClF2NO2/c1-2-19(25)24-17(11-26-12-18(24)20(22)23)15-8-14(9-16(21)10-15)13-6-4-3-5-7-13/h2-10,17-18,20H,1,11-12H2/t17-,18-/m0/s1. The number of nitrogens with zero attached hydrogens (tertiary/aromatic N) is 1. The summed E-state index contributed by atoms with van der Waals surface area (Å²) < 4.78 is 32.3. The molecule has 1 amide bonds. The van der Waals surface area contributed by atoms with Crippen LogP contribution in [-0.2, 0) is 9.53 Å². The van der Waals surface area contributed by atoms with E-state index in [0.29, 0.717) is 10.6 Å². The second-order valence-corrected chi connectivity index (χ2v) is 6.48. The zero-order chi connectivity index (χ0) is 18.7. The summed E-state index contributed by atoms with van der Waals surface area (Å²) in [5.41, 5.74) is 2.44. The second-order valence-electron chi connectivity index (χ2n) is 6.04. The zero-order valence-corrected chi connectivity index (χ0v) is 14.7. The van der Waals surface area contributed by atoms with Crippen LogP contribution in [0.15, 0.2) is 61.2 Å². The fourth-order valence-corrected chi connectivity index (χ4v) is 3.41. The van der Waals surface area contributed by atoms with Crippen LogP contribution in [-0.4, -0.2) is 36.5 Å². The Morgan fingerprint density at radius 3 is 2.58 bits per heavy atom. The minimum atomic E-state index is -2.71. The third kappa shape index (κ3) is 3.79. The first-order valence-electron chi connectivity index (χ1n) is 8.18. The molecule has 0 bridgehead atoms. The number of carbonyl (C=O) groups is 1. The highest BCUT2D eigenvalue weighted by Gasteiger charge is 2.39. The molecule has 0 radical (unpaired) electrons. The fourth-order valence-electron chi connectivity index (χ4n) is 3.17. The van der Waals surface area contributed by atoms with Gasteiger partial charge in [-0.3, -0.25) is 4.79 Å². The molecule has 1 fully saturated rings. The first kappa shape index (κ1) is 18.5. The van der Waals surface area contributed by atoms with Gasteiger partial charge in [-0.1, -0.05) is 48.5 Å². The summed E-state index contributed by atoms with van der Waals surface area (Å²) >= 11 is 6.27. The van der Waals surface area contributed by atoms with Crippen LogP contribution in [0.25, 0.3) is 11.1 Å². The van der Waals surface area contributed by atoms with Crippen LogP contribution in [0, 0.1) is 0 Å². The van der Waals surface area contributed by atoms with E-state index in [1.165, 1.54) is 0 Å². The van der Waals surface area contributed by atoms with E-state index in [-0.39, 0.29) is 13.2 Å². The van der Waals surface area contributed by atoms with Gasteiger partial charge in [-0.2, -0.15) is 0 Å². The third-order valence-electron chi connectivity index (χ3n) is 4.39. The van der Waals surface area contributed by atoms with Crippen LogP contribution in [0.4, 0.5) is 8.78 Å². The van der Waals surface area contributed by atoms with Gasteiger partial charge in [-0.15, -0.1) is 0 Å². The van der Waals surface area contributed by atoms with E-state index in [1.807, 2.05) is 36.4 Å². The van der Waals surface area contributed by atoms with Gasteiger partial charge in [0.05, 0.1) is 19.3 Å². The van der Waals surface area contributed by atoms with Gasteiger partial charge in [0.1, 0.15) is 6.04 Å². The van der Waals surface area contributed by atoms with Gasteiger partial charge < -0.3 is 9.64 Å². The smallest absolute Gasteiger partial charge is 0.260 e. The van der Waals surface area contributed by atoms with Gasteiger partial charge in [-0.05, 0) is 41.0 Å². The first-order valence-corrected chi connectivity index (χ1v) is 8.55. The summed E-state index contributed by atoms with van der Waals surface area (Å²) in [6, 6.07) is 12.9. The van der Waals surface area contributed by atoms with Crippen molar-refractivity contribution in [2.45, 2.75) is 18.5 Å². The van der Waals surface area contributed by atoms with Gasteiger partial charge in [0.25, 0.3) is 6.43 Å². The molecule has 26 heavy (non-hydrogen) atoms. The topological polar surface area (TPSA) is 29.5 Å². The highest BCUT2D eigenvalue weighted by atomic mass is 35.5. The summed E-state index contributed by atoms with van der Waals surface area (Å²) in [6.45, 7) is 3.35. The van der Waals surface area contributed by atoms with Crippen molar-refractivity contribution in [3.05, 3.63) is 71.8 Å². The number of benzene rings is 2. The van der Waals surface area contributed by atoms with E-state index in [4.69, 9.17) is 16.3 Å². The molecular formula is C20H18ClF2NO2. The van der Waals surface area contributed by atoms with Gasteiger partial charge in [-0.25, -0.2) is 8.78 Å². The van der Waals surface area contributed by atoms with E-state index in [2.05, 4.69) is 6.58 Å².